The molecule has 0 aliphatic rings. The molecule has 0 saturated heterocycles. The predicted octanol–water partition coefficient (Wildman–Crippen LogP) is 4.72. The highest BCUT2D eigenvalue weighted by molar-refractivity contribution is 5.82. The van der Waals surface area contributed by atoms with Gasteiger partial charge in [0.1, 0.15) is 5.82 Å². The number of hydrogen-bond donors (Lipinski definition) is 0. The van der Waals surface area contributed by atoms with Crippen LogP contribution in [0.4, 0.5) is 13.2 Å². The standard InChI is InChI=1S/C29H28F3N7O2/c1-6-21-22(18-9-16(26(40)37(5)15-18)11-20-14-35-39(36-20)28(31)32)7-8-33-25(21)38-27(41)24-17(13-34-38)10-19(12-23(24)30)29(2,3)4/h7-10,12-15,28H,6,11H2,1-5H3. The Morgan fingerprint density at radius 3 is 2.44 bits per heavy atom. The van der Waals surface area contributed by atoms with Crippen LogP contribution in [0.3, 0.4) is 0 Å². The van der Waals surface area contributed by atoms with E-state index in [1.54, 1.807) is 31.4 Å². The largest absolute Gasteiger partial charge is 0.348 e. The lowest BCUT2D eigenvalue weighted by Gasteiger charge is -2.20. The van der Waals surface area contributed by atoms with E-state index in [-0.39, 0.29) is 39.1 Å². The highest BCUT2D eigenvalue weighted by Gasteiger charge is 2.21. The lowest BCUT2D eigenvalue weighted by atomic mass is 9.86. The monoisotopic (exact) mass is 563 g/mol. The van der Waals surface area contributed by atoms with Gasteiger partial charge in [0.2, 0.25) is 0 Å². The lowest BCUT2D eigenvalue weighted by Crippen LogP contribution is -2.25. The van der Waals surface area contributed by atoms with Crippen molar-refractivity contribution >= 4 is 10.8 Å². The summed E-state index contributed by atoms with van der Waals surface area (Å²) in [5, 5.41) is 12.0. The molecule has 5 aromatic rings. The Balaban J connectivity index is 1.63. The van der Waals surface area contributed by atoms with Crippen molar-refractivity contribution in [1.82, 2.24) is 34.3 Å². The summed E-state index contributed by atoms with van der Waals surface area (Å²) in [6.45, 7) is 4.88. The number of aryl methyl sites for hydroxylation is 1. The van der Waals surface area contributed by atoms with E-state index in [0.717, 1.165) is 10.2 Å². The van der Waals surface area contributed by atoms with Crippen LogP contribution in [0.1, 0.15) is 56.6 Å². The molecule has 4 heterocycles. The minimum atomic E-state index is -2.89. The van der Waals surface area contributed by atoms with Gasteiger partial charge in [-0.1, -0.05) is 27.7 Å². The maximum atomic E-state index is 15.3. The normalized spacial score (nSPS) is 12.0. The van der Waals surface area contributed by atoms with Gasteiger partial charge in [-0.2, -0.15) is 28.8 Å². The molecule has 1 aromatic carbocycles. The second-order valence-corrected chi connectivity index (χ2v) is 10.8. The van der Waals surface area contributed by atoms with Gasteiger partial charge < -0.3 is 4.57 Å². The molecule has 212 valence electrons. The number of nitrogens with zero attached hydrogens (tertiary/aromatic N) is 7. The maximum Gasteiger partial charge on any atom is 0.348 e. The summed E-state index contributed by atoms with van der Waals surface area (Å²) in [7, 11) is 1.59. The number of fused-ring (bicyclic) bond motifs is 1. The van der Waals surface area contributed by atoms with Gasteiger partial charge in [-0.3, -0.25) is 9.59 Å². The fraction of sp³-hybridized carbons (Fsp3) is 0.310. The average Bonchev–Trinajstić information content (AvgIpc) is 3.39. The Bertz CT molecular complexity index is 1900. The van der Waals surface area contributed by atoms with Crippen molar-refractivity contribution in [3.05, 3.63) is 98.0 Å². The van der Waals surface area contributed by atoms with Crippen LogP contribution in [-0.4, -0.2) is 34.3 Å². The summed E-state index contributed by atoms with van der Waals surface area (Å²) in [6.07, 6.45) is 6.25. The Hall–Kier alpha value is -4.61. The first-order chi connectivity index (χ1) is 19.4. The second-order valence-electron chi connectivity index (χ2n) is 10.8. The lowest BCUT2D eigenvalue weighted by molar-refractivity contribution is 0.0410. The van der Waals surface area contributed by atoms with Crippen molar-refractivity contribution in [3.63, 3.8) is 0 Å². The minimum absolute atomic E-state index is 0.00580. The maximum absolute atomic E-state index is 15.3. The summed E-state index contributed by atoms with van der Waals surface area (Å²) in [5.41, 5.74) is 2.00. The molecule has 0 N–H and O–H groups in total. The van der Waals surface area contributed by atoms with Crippen LogP contribution in [0.15, 0.2) is 58.6 Å². The third-order valence-corrected chi connectivity index (χ3v) is 6.96. The topological polar surface area (TPSA) is 100 Å². The van der Waals surface area contributed by atoms with Crippen molar-refractivity contribution in [2.24, 2.45) is 7.05 Å². The molecule has 0 fully saturated rings. The number of pyridine rings is 2. The zero-order valence-corrected chi connectivity index (χ0v) is 23.2. The van der Waals surface area contributed by atoms with Crippen LogP contribution in [0, 0.1) is 5.82 Å². The van der Waals surface area contributed by atoms with Crippen LogP contribution in [0.5, 0.6) is 0 Å². The SMILES string of the molecule is CCc1c(-c2cc(Cc3cnn(C(F)F)n3)c(=O)n(C)c2)ccnc1-n1ncc2cc(C(C)(C)C)cc(F)c2c1=O. The van der Waals surface area contributed by atoms with Gasteiger partial charge in [0, 0.05) is 42.4 Å². The van der Waals surface area contributed by atoms with Crippen LogP contribution in [0.2, 0.25) is 0 Å². The number of rotatable bonds is 6. The van der Waals surface area contributed by atoms with Crippen molar-refractivity contribution in [2.45, 2.75) is 52.5 Å². The van der Waals surface area contributed by atoms with Crippen molar-refractivity contribution in [3.8, 4) is 16.9 Å². The minimum Gasteiger partial charge on any atom is -0.318 e. The molecule has 5 rings (SSSR count). The molecule has 9 nitrogen and oxygen atoms in total. The van der Waals surface area contributed by atoms with Gasteiger partial charge >= 0.3 is 6.55 Å². The van der Waals surface area contributed by atoms with Gasteiger partial charge in [-0.05, 0) is 52.8 Å². The van der Waals surface area contributed by atoms with Crippen LogP contribution < -0.4 is 11.1 Å². The zero-order chi connectivity index (χ0) is 29.6. The third kappa shape index (κ3) is 5.17. The predicted molar refractivity (Wildman–Crippen MR) is 148 cm³/mol. The fourth-order valence-corrected chi connectivity index (χ4v) is 4.83. The number of halogens is 3. The Morgan fingerprint density at radius 1 is 1.02 bits per heavy atom. The summed E-state index contributed by atoms with van der Waals surface area (Å²) < 4.78 is 43.6. The molecule has 0 aliphatic carbocycles. The van der Waals surface area contributed by atoms with E-state index in [2.05, 4.69) is 20.3 Å². The Morgan fingerprint density at radius 2 is 1.78 bits per heavy atom. The zero-order valence-electron chi connectivity index (χ0n) is 23.2. The third-order valence-electron chi connectivity index (χ3n) is 6.96. The second kappa shape index (κ2) is 10.4. The molecule has 0 bridgehead atoms. The molecule has 0 unspecified atom stereocenters. The van der Waals surface area contributed by atoms with Gasteiger partial charge in [0.15, 0.2) is 5.82 Å². The van der Waals surface area contributed by atoms with Gasteiger partial charge in [0.25, 0.3) is 11.1 Å². The van der Waals surface area contributed by atoms with Crippen LogP contribution >= 0.6 is 0 Å². The number of hydrogen-bond acceptors (Lipinski definition) is 6. The molecule has 41 heavy (non-hydrogen) atoms. The first-order valence-corrected chi connectivity index (χ1v) is 13.0. The summed E-state index contributed by atoms with van der Waals surface area (Å²) >= 11 is 0. The Labute approximate surface area is 232 Å². The van der Waals surface area contributed by atoms with E-state index >= 15 is 4.39 Å². The van der Waals surface area contributed by atoms with Crippen molar-refractivity contribution in [1.29, 1.82) is 0 Å². The summed E-state index contributed by atoms with van der Waals surface area (Å²) in [4.78, 5) is 31.1. The first kappa shape index (κ1) is 27.9. The molecule has 0 atom stereocenters. The average molecular weight is 564 g/mol. The summed E-state index contributed by atoms with van der Waals surface area (Å²) in [6, 6.07) is 6.56. The smallest absolute Gasteiger partial charge is 0.318 e. The van der Waals surface area contributed by atoms with E-state index < -0.39 is 17.9 Å². The number of benzene rings is 1. The molecular weight excluding hydrogens is 535 g/mol. The van der Waals surface area contributed by atoms with Crippen LogP contribution in [0.25, 0.3) is 27.7 Å². The van der Waals surface area contributed by atoms with Gasteiger partial charge in [-0.15, -0.1) is 4.80 Å². The molecule has 0 amide bonds. The van der Waals surface area contributed by atoms with E-state index in [1.807, 2.05) is 27.7 Å². The van der Waals surface area contributed by atoms with E-state index in [9.17, 15) is 18.4 Å². The molecular formula is C29H28F3N7O2. The van der Waals surface area contributed by atoms with Crippen molar-refractivity contribution < 1.29 is 13.2 Å². The van der Waals surface area contributed by atoms with Crippen LogP contribution in [-0.2, 0) is 25.3 Å². The molecule has 0 radical (unpaired) electrons. The number of aromatic nitrogens is 7. The molecule has 4 aromatic heterocycles. The molecule has 0 aliphatic heterocycles. The highest BCUT2D eigenvalue weighted by atomic mass is 19.3. The quantitative estimate of drug-likeness (QED) is 0.296. The van der Waals surface area contributed by atoms with E-state index in [1.165, 1.54) is 29.2 Å². The summed E-state index contributed by atoms with van der Waals surface area (Å²) in [5.74, 6) is -0.388. The Kier molecular flexibility index (Phi) is 7.10. The first-order valence-electron chi connectivity index (χ1n) is 13.0. The van der Waals surface area contributed by atoms with E-state index in [4.69, 9.17) is 0 Å². The molecule has 12 heteroatoms. The molecule has 0 saturated carbocycles. The van der Waals surface area contributed by atoms with Gasteiger partial charge in [0.05, 0.1) is 23.5 Å². The van der Waals surface area contributed by atoms with E-state index in [0.29, 0.717) is 34.1 Å². The highest BCUT2D eigenvalue weighted by Crippen LogP contribution is 2.29. The van der Waals surface area contributed by atoms with Crippen molar-refractivity contribution in [2.75, 3.05) is 0 Å². The van der Waals surface area contributed by atoms with Gasteiger partial charge in [-0.25, -0.2) is 9.37 Å². The molecule has 0 spiro atoms. The fourth-order valence-electron chi connectivity index (χ4n) is 4.83. The number of alkyl halides is 2.